The summed E-state index contributed by atoms with van der Waals surface area (Å²) in [6.45, 7) is 12.2. The monoisotopic (exact) mass is 641 g/mol. The Morgan fingerprint density at radius 2 is 1.65 bits per heavy atom. The summed E-state index contributed by atoms with van der Waals surface area (Å²) in [6, 6.07) is 17.1. The lowest BCUT2D eigenvalue weighted by Crippen LogP contribution is -2.46. The van der Waals surface area contributed by atoms with Crippen LogP contribution in [-0.2, 0) is 26.7 Å². The molecule has 0 radical (unpaired) electrons. The molecule has 1 atom stereocenters. The van der Waals surface area contributed by atoms with E-state index in [4.69, 9.17) is 4.98 Å². The van der Waals surface area contributed by atoms with Gasteiger partial charge in [-0.2, -0.15) is 0 Å². The highest BCUT2D eigenvalue weighted by Crippen LogP contribution is 2.42. The molecule has 244 valence electrons. The molecule has 2 aliphatic heterocycles. The second kappa shape index (κ2) is 12.5. The predicted molar refractivity (Wildman–Crippen MR) is 187 cm³/mol. The van der Waals surface area contributed by atoms with Crippen molar-refractivity contribution in [1.82, 2.24) is 20.2 Å². The maximum absolute atomic E-state index is 14.0. The van der Waals surface area contributed by atoms with Crippen molar-refractivity contribution in [2.45, 2.75) is 90.1 Å². The maximum Gasteiger partial charge on any atom is 0.233 e. The molecule has 2 aromatic carbocycles. The van der Waals surface area contributed by atoms with Gasteiger partial charge in [0.2, 0.25) is 15.9 Å². The zero-order valence-electron chi connectivity index (χ0n) is 27.9. The van der Waals surface area contributed by atoms with Crippen LogP contribution in [0.25, 0.3) is 22.3 Å². The van der Waals surface area contributed by atoms with Gasteiger partial charge in [-0.25, -0.2) is 13.4 Å². The minimum Gasteiger partial charge on any atom is -0.339 e. The van der Waals surface area contributed by atoms with Crippen molar-refractivity contribution in [1.29, 1.82) is 0 Å². The molecule has 2 aliphatic rings. The van der Waals surface area contributed by atoms with Crippen LogP contribution in [-0.4, -0.2) is 60.6 Å². The lowest BCUT2D eigenvalue weighted by molar-refractivity contribution is -0.137. The van der Waals surface area contributed by atoms with Gasteiger partial charge in [-0.3, -0.25) is 9.52 Å². The van der Waals surface area contributed by atoms with Gasteiger partial charge in [0, 0.05) is 35.9 Å². The van der Waals surface area contributed by atoms with Gasteiger partial charge in [0.05, 0.1) is 17.4 Å². The molecule has 0 spiro atoms. The summed E-state index contributed by atoms with van der Waals surface area (Å²) in [5.74, 6) is 0.385. The molecule has 4 heterocycles. The summed E-state index contributed by atoms with van der Waals surface area (Å²) in [7, 11) is -3.30. The summed E-state index contributed by atoms with van der Waals surface area (Å²) < 4.78 is 25.6. The number of amides is 1. The summed E-state index contributed by atoms with van der Waals surface area (Å²) >= 11 is 0. The molecule has 2 bridgehead atoms. The van der Waals surface area contributed by atoms with Crippen LogP contribution in [0, 0.1) is 13.8 Å². The second-order valence-electron chi connectivity index (χ2n) is 14.1. The van der Waals surface area contributed by atoms with Crippen molar-refractivity contribution in [2.24, 2.45) is 0 Å². The van der Waals surface area contributed by atoms with Gasteiger partial charge < -0.3 is 15.2 Å². The molecule has 4 aromatic rings. The average Bonchev–Trinajstić information content (AvgIpc) is 3.70. The zero-order chi connectivity index (χ0) is 32.8. The number of rotatable bonds is 11. The van der Waals surface area contributed by atoms with E-state index in [-0.39, 0.29) is 11.8 Å². The molecule has 46 heavy (non-hydrogen) atoms. The van der Waals surface area contributed by atoms with E-state index in [1.165, 1.54) is 16.7 Å². The summed E-state index contributed by atoms with van der Waals surface area (Å²) in [5.41, 5.74) is 8.68. The van der Waals surface area contributed by atoms with Crippen molar-refractivity contribution >= 4 is 32.7 Å². The van der Waals surface area contributed by atoms with Crippen LogP contribution in [0.1, 0.15) is 80.2 Å². The van der Waals surface area contributed by atoms with Crippen molar-refractivity contribution in [3.8, 4) is 11.3 Å². The molecule has 9 heteroatoms. The lowest BCUT2D eigenvalue weighted by atomic mass is 9.82. The summed E-state index contributed by atoms with van der Waals surface area (Å²) in [6.07, 6.45) is 8.37. The Bertz CT molecular complexity index is 1820. The van der Waals surface area contributed by atoms with E-state index in [2.05, 4.69) is 78.8 Å². The first-order valence-electron chi connectivity index (χ1n) is 16.5. The SMILES string of the molecule is Cc1cc(C)cc(-c2[nH]c3ncc(C(C)(C)C(=O)N4C5CCC4CC5)cc3c2C(C)CNCCc2ccc(NS(C)(=O)=O)cc2)c1. The molecule has 2 aromatic heterocycles. The van der Waals surface area contributed by atoms with Crippen LogP contribution in [0.3, 0.4) is 0 Å². The fraction of sp³-hybridized carbons (Fsp3) is 0.459. The number of fused-ring (bicyclic) bond motifs is 3. The van der Waals surface area contributed by atoms with E-state index in [0.29, 0.717) is 17.8 Å². The predicted octanol–water partition coefficient (Wildman–Crippen LogP) is 6.59. The Hall–Kier alpha value is -3.69. The number of aromatic nitrogens is 2. The summed E-state index contributed by atoms with van der Waals surface area (Å²) in [5, 5.41) is 4.72. The van der Waals surface area contributed by atoms with E-state index in [1.54, 1.807) is 12.1 Å². The van der Waals surface area contributed by atoms with Crippen LogP contribution < -0.4 is 10.0 Å². The van der Waals surface area contributed by atoms with Gasteiger partial charge in [-0.1, -0.05) is 36.2 Å². The number of aryl methyl sites for hydroxylation is 2. The van der Waals surface area contributed by atoms with Gasteiger partial charge in [0.1, 0.15) is 5.65 Å². The average molecular weight is 642 g/mol. The third-order valence-electron chi connectivity index (χ3n) is 9.94. The third-order valence-corrected chi connectivity index (χ3v) is 10.5. The van der Waals surface area contributed by atoms with Gasteiger partial charge in [-0.15, -0.1) is 0 Å². The Morgan fingerprint density at radius 1 is 1.02 bits per heavy atom. The highest BCUT2D eigenvalue weighted by Gasteiger charge is 2.47. The molecular formula is C37H47N5O3S. The van der Waals surface area contributed by atoms with Crippen molar-refractivity contribution in [2.75, 3.05) is 24.1 Å². The van der Waals surface area contributed by atoms with Gasteiger partial charge in [0.25, 0.3) is 0 Å². The minimum atomic E-state index is -3.30. The number of carbonyl (C=O) groups excluding carboxylic acids is 1. The van der Waals surface area contributed by atoms with Crippen LogP contribution in [0.15, 0.2) is 54.7 Å². The van der Waals surface area contributed by atoms with E-state index >= 15 is 0 Å². The fourth-order valence-corrected chi connectivity index (χ4v) is 8.15. The van der Waals surface area contributed by atoms with Crippen molar-refractivity contribution in [3.05, 3.63) is 82.5 Å². The number of pyridine rings is 1. The molecule has 2 saturated heterocycles. The first-order valence-corrected chi connectivity index (χ1v) is 18.4. The van der Waals surface area contributed by atoms with Crippen molar-refractivity contribution < 1.29 is 13.2 Å². The quantitative estimate of drug-likeness (QED) is 0.160. The normalized spacial score (nSPS) is 18.8. The molecule has 8 nitrogen and oxygen atoms in total. The van der Waals surface area contributed by atoms with E-state index in [0.717, 1.165) is 84.9 Å². The first kappa shape index (κ1) is 32.3. The number of hydrogen-bond donors (Lipinski definition) is 3. The molecule has 1 unspecified atom stereocenters. The molecule has 3 N–H and O–H groups in total. The Kier molecular flexibility index (Phi) is 8.76. The van der Waals surface area contributed by atoms with Crippen LogP contribution in [0.4, 0.5) is 5.69 Å². The number of sulfonamides is 1. The van der Waals surface area contributed by atoms with E-state index in [9.17, 15) is 13.2 Å². The van der Waals surface area contributed by atoms with E-state index in [1.807, 2.05) is 18.3 Å². The van der Waals surface area contributed by atoms with E-state index < -0.39 is 15.4 Å². The van der Waals surface area contributed by atoms with Gasteiger partial charge in [-0.05, 0) is 125 Å². The standard InChI is InChI=1S/C37H47N5O3S/c1-23-17-24(2)19-27(18-23)34-33(25(3)21-38-16-15-26-7-9-29(10-8-26)41-46(6,44)45)32-20-28(22-39-35(32)40-34)37(4,5)36(43)42-30-11-12-31(42)14-13-30/h7-10,17-20,22,25,30-31,38,41H,11-16,21H2,1-6H3,(H,39,40). The number of nitrogens with one attached hydrogen (secondary N) is 3. The Balaban J connectivity index is 1.26. The molecule has 0 aliphatic carbocycles. The highest BCUT2D eigenvalue weighted by molar-refractivity contribution is 7.92. The minimum absolute atomic E-state index is 0.163. The van der Waals surface area contributed by atoms with Crippen LogP contribution in [0.2, 0.25) is 0 Å². The Morgan fingerprint density at radius 3 is 2.26 bits per heavy atom. The van der Waals surface area contributed by atoms with Gasteiger partial charge >= 0.3 is 0 Å². The number of H-pyrrole nitrogens is 1. The maximum atomic E-state index is 14.0. The number of nitrogens with zero attached hydrogens (tertiary/aromatic N) is 2. The van der Waals surface area contributed by atoms with Crippen LogP contribution >= 0.6 is 0 Å². The topological polar surface area (TPSA) is 107 Å². The number of benzene rings is 2. The fourth-order valence-electron chi connectivity index (χ4n) is 7.59. The molecule has 0 saturated carbocycles. The second-order valence-corrected chi connectivity index (χ2v) is 15.9. The van der Waals surface area contributed by atoms with Crippen molar-refractivity contribution in [3.63, 3.8) is 0 Å². The molecule has 2 fully saturated rings. The number of hydrogen-bond acceptors (Lipinski definition) is 5. The summed E-state index contributed by atoms with van der Waals surface area (Å²) in [4.78, 5) is 24.8. The third kappa shape index (κ3) is 6.58. The molecule has 1 amide bonds. The van der Waals surface area contributed by atoms with Crippen LogP contribution in [0.5, 0.6) is 0 Å². The number of anilines is 1. The number of aromatic amines is 1. The molecular weight excluding hydrogens is 595 g/mol. The van der Waals surface area contributed by atoms with Gasteiger partial charge in [0.15, 0.2) is 0 Å². The number of carbonyl (C=O) groups is 1. The smallest absolute Gasteiger partial charge is 0.233 e. The molecule has 6 rings (SSSR count). The Labute approximate surface area is 273 Å². The lowest BCUT2D eigenvalue weighted by Gasteiger charge is -2.32. The largest absolute Gasteiger partial charge is 0.339 e. The first-order chi connectivity index (χ1) is 21.8. The zero-order valence-corrected chi connectivity index (χ0v) is 28.7. The highest BCUT2D eigenvalue weighted by atomic mass is 32.2.